The molecule has 0 radical (unpaired) electrons. The van der Waals surface area contributed by atoms with Gasteiger partial charge in [0.25, 0.3) is 0 Å². The zero-order valence-electron chi connectivity index (χ0n) is 12.9. The van der Waals surface area contributed by atoms with Gasteiger partial charge in [-0.3, -0.25) is 9.69 Å². The molecule has 0 heterocycles. The van der Waals surface area contributed by atoms with E-state index in [0.29, 0.717) is 13.1 Å². The van der Waals surface area contributed by atoms with Crippen LogP contribution in [0.5, 0.6) is 0 Å². The first kappa shape index (κ1) is 16.7. The smallest absolute Gasteiger partial charge is 0.234 e. The average Bonchev–Trinajstić information content (AvgIpc) is 2.35. The molecule has 4 nitrogen and oxygen atoms in total. The van der Waals surface area contributed by atoms with E-state index in [2.05, 4.69) is 22.3 Å². The molecule has 0 aromatic heterocycles. The highest BCUT2D eigenvalue weighted by molar-refractivity contribution is 5.78. The van der Waals surface area contributed by atoms with Crippen molar-refractivity contribution in [2.75, 3.05) is 26.2 Å². The third-order valence-corrected chi connectivity index (χ3v) is 2.89. The quantitative estimate of drug-likeness (QED) is 0.792. The molecule has 0 unspecified atom stereocenters. The summed E-state index contributed by atoms with van der Waals surface area (Å²) in [4.78, 5) is 14.1. The van der Waals surface area contributed by atoms with Crippen LogP contribution in [0.15, 0.2) is 30.3 Å². The molecule has 3 N–H and O–H groups in total. The van der Waals surface area contributed by atoms with Gasteiger partial charge in [-0.05, 0) is 32.8 Å². The number of hydrogen-bond acceptors (Lipinski definition) is 3. The zero-order valence-corrected chi connectivity index (χ0v) is 12.9. The normalized spacial score (nSPS) is 11.7. The lowest BCUT2D eigenvalue weighted by Crippen LogP contribution is -2.47. The second kappa shape index (κ2) is 8.02. The highest BCUT2D eigenvalue weighted by Crippen LogP contribution is 2.02. The highest BCUT2D eigenvalue weighted by atomic mass is 16.2. The van der Waals surface area contributed by atoms with Crippen molar-refractivity contribution < 1.29 is 4.79 Å². The van der Waals surface area contributed by atoms with E-state index >= 15 is 0 Å². The Morgan fingerprint density at radius 1 is 1.20 bits per heavy atom. The molecular weight excluding hydrogens is 250 g/mol. The van der Waals surface area contributed by atoms with Crippen LogP contribution in [0, 0.1) is 0 Å². The molecule has 112 valence electrons. The lowest BCUT2D eigenvalue weighted by molar-refractivity contribution is -0.123. The largest absolute Gasteiger partial charge is 0.350 e. The SMILES string of the molecule is CC(C)(C)NC(=O)CN(CCN)CCc1ccccc1. The Bertz CT molecular complexity index is 398. The molecule has 0 saturated heterocycles. The van der Waals surface area contributed by atoms with Gasteiger partial charge in [0.1, 0.15) is 0 Å². The van der Waals surface area contributed by atoms with E-state index in [1.54, 1.807) is 0 Å². The van der Waals surface area contributed by atoms with Gasteiger partial charge in [-0.25, -0.2) is 0 Å². The Kier molecular flexibility index (Phi) is 6.68. The van der Waals surface area contributed by atoms with Gasteiger partial charge in [0.05, 0.1) is 6.54 Å². The number of nitrogens with one attached hydrogen (secondary N) is 1. The summed E-state index contributed by atoms with van der Waals surface area (Å²) >= 11 is 0. The first-order valence-corrected chi connectivity index (χ1v) is 7.18. The summed E-state index contributed by atoms with van der Waals surface area (Å²) in [5, 5.41) is 2.98. The van der Waals surface area contributed by atoms with Crippen LogP contribution in [0.25, 0.3) is 0 Å². The minimum absolute atomic E-state index is 0.0546. The van der Waals surface area contributed by atoms with Gasteiger partial charge in [-0.1, -0.05) is 30.3 Å². The molecule has 1 rings (SSSR count). The minimum Gasteiger partial charge on any atom is -0.350 e. The van der Waals surface area contributed by atoms with E-state index in [-0.39, 0.29) is 11.4 Å². The third kappa shape index (κ3) is 7.26. The van der Waals surface area contributed by atoms with Crippen LogP contribution in [0.1, 0.15) is 26.3 Å². The van der Waals surface area contributed by atoms with E-state index < -0.39 is 0 Å². The van der Waals surface area contributed by atoms with Crippen molar-refractivity contribution in [3.8, 4) is 0 Å². The fourth-order valence-electron chi connectivity index (χ4n) is 2.05. The first-order valence-electron chi connectivity index (χ1n) is 7.18. The summed E-state index contributed by atoms with van der Waals surface area (Å²) in [6.45, 7) is 8.52. The zero-order chi connectivity index (χ0) is 15.0. The van der Waals surface area contributed by atoms with Crippen LogP contribution in [0.2, 0.25) is 0 Å². The van der Waals surface area contributed by atoms with Gasteiger partial charge >= 0.3 is 0 Å². The molecular formula is C16H27N3O. The maximum atomic E-state index is 12.0. The predicted molar refractivity (Wildman–Crippen MR) is 83.5 cm³/mol. The monoisotopic (exact) mass is 277 g/mol. The molecule has 0 aliphatic carbocycles. The average molecular weight is 277 g/mol. The number of benzene rings is 1. The van der Waals surface area contributed by atoms with Crippen LogP contribution in [0.4, 0.5) is 0 Å². The van der Waals surface area contributed by atoms with Crippen molar-refractivity contribution in [2.45, 2.75) is 32.7 Å². The second-order valence-electron chi connectivity index (χ2n) is 6.10. The summed E-state index contributed by atoms with van der Waals surface area (Å²) in [6, 6.07) is 10.3. The Balaban J connectivity index is 2.46. The third-order valence-electron chi connectivity index (χ3n) is 2.89. The van der Waals surface area contributed by atoms with Gasteiger partial charge in [0.15, 0.2) is 0 Å². The van der Waals surface area contributed by atoms with Crippen molar-refractivity contribution in [2.24, 2.45) is 5.73 Å². The van der Waals surface area contributed by atoms with Crippen molar-refractivity contribution >= 4 is 5.91 Å². The molecule has 1 amide bonds. The van der Waals surface area contributed by atoms with Crippen molar-refractivity contribution in [1.29, 1.82) is 0 Å². The summed E-state index contributed by atoms with van der Waals surface area (Å²) in [6.07, 6.45) is 0.934. The molecule has 1 aromatic rings. The second-order valence-corrected chi connectivity index (χ2v) is 6.10. The van der Waals surface area contributed by atoms with Crippen molar-refractivity contribution in [3.63, 3.8) is 0 Å². The van der Waals surface area contributed by atoms with Crippen LogP contribution in [0.3, 0.4) is 0 Å². The van der Waals surface area contributed by atoms with Crippen molar-refractivity contribution in [3.05, 3.63) is 35.9 Å². The number of carbonyl (C=O) groups is 1. The van der Waals surface area contributed by atoms with Gasteiger partial charge in [0, 0.05) is 25.2 Å². The molecule has 4 heteroatoms. The topological polar surface area (TPSA) is 58.4 Å². The molecule has 0 bridgehead atoms. The van der Waals surface area contributed by atoms with Gasteiger partial charge in [-0.2, -0.15) is 0 Å². The molecule has 0 aliphatic rings. The van der Waals surface area contributed by atoms with Crippen LogP contribution < -0.4 is 11.1 Å². The standard InChI is InChI=1S/C16H27N3O/c1-16(2,3)18-15(20)13-19(12-10-17)11-9-14-7-5-4-6-8-14/h4-8H,9-13,17H2,1-3H3,(H,18,20). The minimum atomic E-state index is -0.190. The maximum Gasteiger partial charge on any atom is 0.234 e. The fraction of sp³-hybridized carbons (Fsp3) is 0.562. The summed E-state index contributed by atoms with van der Waals surface area (Å²) in [7, 11) is 0. The number of hydrogen-bond donors (Lipinski definition) is 2. The Hall–Kier alpha value is -1.39. The molecule has 0 fully saturated rings. The van der Waals surface area contributed by atoms with Gasteiger partial charge in [-0.15, -0.1) is 0 Å². The summed E-state index contributed by atoms with van der Waals surface area (Å²) in [5.41, 5.74) is 6.72. The summed E-state index contributed by atoms with van der Waals surface area (Å²) < 4.78 is 0. The number of nitrogens with zero attached hydrogens (tertiary/aromatic N) is 1. The fourth-order valence-corrected chi connectivity index (χ4v) is 2.05. The number of amides is 1. The molecule has 1 aromatic carbocycles. The van der Waals surface area contributed by atoms with Gasteiger partial charge in [0.2, 0.25) is 5.91 Å². The number of carbonyl (C=O) groups excluding carboxylic acids is 1. The lowest BCUT2D eigenvalue weighted by atomic mass is 10.1. The van der Waals surface area contributed by atoms with Crippen LogP contribution in [-0.2, 0) is 11.2 Å². The Labute approximate surface area is 122 Å². The van der Waals surface area contributed by atoms with E-state index in [0.717, 1.165) is 19.5 Å². The molecule has 0 atom stereocenters. The predicted octanol–water partition coefficient (Wildman–Crippen LogP) is 1.40. The number of rotatable bonds is 7. The molecule has 0 saturated carbocycles. The molecule has 0 aliphatic heterocycles. The van der Waals surface area contributed by atoms with Crippen LogP contribution >= 0.6 is 0 Å². The van der Waals surface area contributed by atoms with Gasteiger partial charge < -0.3 is 11.1 Å². The molecule has 0 spiro atoms. The number of nitrogens with two attached hydrogens (primary N) is 1. The van der Waals surface area contributed by atoms with E-state index in [1.165, 1.54) is 5.56 Å². The molecule has 20 heavy (non-hydrogen) atoms. The lowest BCUT2D eigenvalue weighted by Gasteiger charge is -2.25. The van der Waals surface area contributed by atoms with E-state index in [4.69, 9.17) is 5.73 Å². The Morgan fingerprint density at radius 2 is 1.85 bits per heavy atom. The maximum absolute atomic E-state index is 12.0. The van der Waals surface area contributed by atoms with Crippen LogP contribution in [-0.4, -0.2) is 42.5 Å². The van der Waals surface area contributed by atoms with E-state index in [9.17, 15) is 4.79 Å². The van der Waals surface area contributed by atoms with E-state index in [1.807, 2.05) is 39.0 Å². The summed E-state index contributed by atoms with van der Waals surface area (Å²) in [5.74, 6) is 0.0546. The Morgan fingerprint density at radius 3 is 2.40 bits per heavy atom. The first-order chi connectivity index (χ1) is 9.40. The highest BCUT2D eigenvalue weighted by Gasteiger charge is 2.16. The van der Waals surface area contributed by atoms with Crippen molar-refractivity contribution in [1.82, 2.24) is 10.2 Å².